The monoisotopic (exact) mass is 554 g/mol. The maximum Gasteiger partial charge on any atom is 0.337 e. The molecule has 1 saturated heterocycles. The number of aliphatic hydroxyl groups excluding tert-OH is 5. The Morgan fingerprint density at radius 1 is 1.05 bits per heavy atom. The van der Waals surface area contributed by atoms with Crippen LogP contribution in [0.3, 0.4) is 0 Å². The molecule has 1 aromatic rings. The van der Waals surface area contributed by atoms with Crippen molar-refractivity contribution in [3.05, 3.63) is 41.7 Å². The van der Waals surface area contributed by atoms with Gasteiger partial charge in [0, 0.05) is 18.8 Å². The predicted octanol–water partition coefficient (Wildman–Crippen LogP) is -1.15. The number of methoxy groups -OCH3 is 1. The summed E-state index contributed by atoms with van der Waals surface area (Å²) < 4.78 is 27.6. The summed E-state index contributed by atoms with van der Waals surface area (Å²) in [7, 11) is 1.17. The maximum atomic E-state index is 12.9. The molecular formula is C26H34O13. The van der Waals surface area contributed by atoms with Gasteiger partial charge in [-0.3, -0.25) is 4.79 Å². The van der Waals surface area contributed by atoms with Crippen LogP contribution in [0.1, 0.15) is 25.3 Å². The van der Waals surface area contributed by atoms with E-state index in [-0.39, 0.29) is 24.2 Å². The van der Waals surface area contributed by atoms with Gasteiger partial charge in [0.1, 0.15) is 35.8 Å². The number of carbonyl (C=O) groups excluding carboxylic acids is 2. The Balaban J connectivity index is 1.56. The van der Waals surface area contributed by atoms with Crippen LogP contribution in [-0.4, -0.2) is 105 Å². The number of fused-ring (bicyclic) bond motifs is 1. The maximum absolute atomic E-state index is 12.9. The van der Waals surface area contributed by atoms with Crippen molar-refractivity contribution < 1.29 is 63.9 Å². The van der Waals surface area contributed by atoms with Crippen LogP contribution >= 0.6 is 0 Å². The van der Waals surface area contributed by atoms with E-state index in [2.05, 4.69) is 0 Å². The fourth-order valence-electron chi connectivity index (χ4n) is 5.52. The Morgan fingerprint density at radius 2 is 1.74 bits per heavy atom. The van der Waals surface area contributed by atoms with E-state index in [1.807, 2.05) is 0 Å². The molecule has 1 aromatic carbocycles. The van der Waals surface area contributed by atoms with Crippen molar-refractivity contribution >= 4 is 11.9 Å². The molecule has 0 amide bonds. The van der Waals surface area contributed by atoms with E-state index in [9.17, 15) is 40.2 Å². The standard InChI is InChI=1S/C26H34O13/c1-26(39-17(30)8-5-12-3-6-13(28)7-4-12)9-15(29)18-14(23(34)35-2)11-36-24(19(18)26)38-25-22(33)21(32)20(31)16(10-27)37-25/h3-4,6-7,11,15-16,18-22,24-25,27-29,31-33H,5,8-10H2,1-2H3/t15-,16-,18+,19-,20-,21+,22-,24+,25+,26+/m1/s1. The predicted molar refractivity (Wildman–Crippen MR) is 128 cm³/mol. The van der Waals surface area contributed by atoms with Gasteiger partial charge in [0.2, 0.25) is 6.29 Å². The van der Waals surface area contributed by atoms with Crippen LogP contribution in [0.25, 0.3) is 0 Å². The fourth-order valence-corrected chi connectivity index (χ4v) is 5.52. The molecule has 2 heterocycles. The summed E-state index contributed by atoms with van der Waals surface area (Å²) in [6.07, 6.45) is -9.11. The van der Waals surface area contributed by atoms with Gasteiger partial charge >= 0.3 is 11.9 Å². The Bertz CT molecular complexity index is 1060. The van der Waals surface area contributed by atoms with E-state index in [1.54, 1.807) is 19.1 Å². The average molecular weight is 555 g/mol. The number of rotatable bonds is 8. The van der Waals surface area contributed by atoms with Crippen LogP contribution in [0.5, 0.6) is 5.75 Å². The van der Waals surface area contributed by atoms with Crippen molar-refractivity contribution in [1.29, 1.82) is 0 Å². The van der Waals surface area contributed by atoms with Gasteiger partial charge in [-0.1, -0.05) is 12.1 Å². The Kier molecular flexibility index (Phi) is 8.81. The molecule has 216 valence electrons. The quantitative estimate of drug-likeness (QED) is 0.211. The zero-order valence-corrected chi connectivity index (χ0v) is 21.5. The molecule has 0 radical (unpaired) electrons. The smallest absolute Gasteiger partial charge is 0.337 e. The lowest BCUT2D eigenvalue weighted by atomic mass is 9.80. The summed E-state index contributed by atoms with van der Waals surface area (Å²) in [5.41, 5.74) is -0.630. The second kappa shape index (κ2) is 11.8. The van der Waals surface area contributed by atoms with E-state index in [0.29, 0.717) is 6.42 Å². The van der Waals surface area contributed by atoms with E-state index < -0.39 is 79.1 Å². The van der Waals surface area contributed by atoms with Crippen LogP contribution in [0.4, 0.5) is 0 Å². The minimum Gasteiger partial charge on any atom is -0.508 e. The van der Waals surface area contributed by atoms with Crippen molar-refractivity contribution in [2.24, 2.45) is 11.8 Å². The second-order valence-corrected chi connectivity index (χ2v) is 10.2. The number of aromatic hydroxyl groups is 1. The molecule has 39 heavy (non-hydrogen) atoms. The molecule has 1 aliphatic carbocycles. The van der Waals surface area contributed by atoms with Gasteiger partial charge in [0.05, 0.1) is 37.6 Å². The molecule has 2 fully saturated rings. The van der Waals surface area contributed by atoms with E-state index in [4.69, 9.17) is 23.7 Å². The number of aryl methyl sites for hydroxylation is 1. The molecule has 0 spiro atoms. The van der Waals surface area contributed by atoms with E-state index >= 15 is 0 Å². The molecule has 0 aromatic heterocycles. The SMILES string of the molecule is COC(=O)C1=CO[C@@H](O[C@@H]2O[C@H](CO)[C@@H](O)[C@H](O)[C@H]2O)[C@H]2[C@@H]1[C@H](O)C[C@]2(C)OC(=O)CCc1ccc(O)cc1. The average Bonchev–Trinajstić information content (AvgIpc) is 3.18. The highest BCUT2D eigenvalue weighted by Gasteiger charge is 2.62. The third-order valence-electron chi connectivity index (χ3n) is 7.54. The third kappa shape index (κ3) is 5.89. The van der Waals surface area contributed by atoms with Crippen LogP contribution in [-0.2, 0) is 39.7 Å². The largest absolute Gasteiger partial charge is 0.508 e. The van der Waals surface area contributed by atoms with Gasteiger partial charge in [0.15, 0.2) is 6.29 Å². The number of phenols is 1. The van der Waals surface area contributed by atoms with Gasteiger partial charge in [-0.2, -0.15) is 0 Å². The van der Waals surface area contributed by atoms with E-state index in [0.717, 1.165) is 11.8 Å². The molecule has 1 saturated carbocycles. The highest BCUT2D eigenvalue weighted by Crippen LogP contribution is 2.51. The van der Waals surface area contributed by atoms with Crippen LogP contribution in [0, 0.1) is 11.8 Å². The van der Waals surface area contributed by atoms with E-state index in [1.165, 1.54) is 19.2 Å². The summed E-state index contributed by atoms with van der Waals surface area (Å²) in [6.45, 7) is 0.885. The summed E-state index contributed by atoms with van der Waals surface area (Å²) in [4.78, 5) is 25.4. The van der Waals surface area contributed by atoms with Gasteiger partial charge in [-0.25, -0.2) is 4.79 Å². The first-order chi connectivity index (χ1) is 18.5. The lowest BCUT2D eigenvalue weighted by Gasteiger charge is -2.44. The van der Waals surface area contributed by atoms with Crippen LogP contribution < -0.4 is 0 Å². The number of esters is 2. The molecule has 13 heteroatoms. The molecule has 0 bridgehead atoms. The lowest BCUT2D eigenvalue weighted by Crippen LogP contribution is -2.61. The second-order valence-electron chi connectivity index (χ2n) is 10.2. The van der Waals surface area contributed by atoms with Crippen molar-refractivity contribution in [3.8, 4) is 5.75 Å². The number of benzene rings is 1. The number of ether oxygens (including phenoxy) is 5. The first-order valence-corrected chi connectivity index (χ1v) is 12.6. The highest BCUT2D eigenvalue weighted by molar-refractivity contribution is 5.89. The zero-order valence-electron chi connectivity index (χ0n) is 21.5. The lowest BCUT2D eigenvalue weighted by molar-refractivity contribution is -0.346. The molecule has 3 aliphatic rings. The number of hydrogen-bond acceptors (Lipinski definition) is 13. The Hall–Kier alpha value is -2.78. The minimum atomic E-state index is -1.73. The van der Waals surface area contributed by atoms with Crippen LogP contribution in [0.15, 0.2) is 36.1 Å². The first kappa shape index (κ1) is 29.2. The molecular weight excluding hydrogens is 520 g/mol. The van der Waals surface area contributed by atoms with Crippen LogP contribution in [0.2, 0.25) is 0 Å². The molecule has 10 atom stereocenters. The highest BCUT2D eigenvalue weighted by atomic mass is 16.8. The summed E-state index contributed by atoms with van der Waals surface area (Å²) in [6, 6.07) is 6.35. The molecule has 4 rings (SSSR count). The van der Waals surface area contributed by atoms with Gasteiger partial charge in [-0.05, 0) is 31.0 Å². The normalized spacial score (nSPS) is 37.8. The Morgan fingerprint density at radius 3 is 2.38 bits per heavy atom. The van der Waals surface area contributed by atoms with Crippen molar-refractivity contribution in [2.45, 2.75) is 74.9 Å². The van der Waals surface area contributed by atoms with Crippen molar-refractivity contribution in [3.63, 3.8) is 0 Å². The van der Waals surface area contributed by atoms with Crippen molar-refractivity contribution in [2.75, 3.05) is 13.7 Å². The van der Waals surface area contributed by atoms with Crippen molar-refractivity contribution in [1.82, 2.24) is 0 Å². The topological polar surface area (TPSA) is 202 Å². The minimum absolute atomic E-state index is 0.00693. The molecule has 13 nitrogen and oxygen atoms in total. The van der Waals surface area contributed by atoms with Gasteiger partial charge in [0.25, 0.3) is 0 Å². The van der Waals surface area contributed by atoms with Gasteiger partial charge < -0.3 is 54.3 Å². The number of carbonyl (C=O) groups is 2. The number of phenolic OH excluding ortho intramolecular Hbond substituents is 1. The molecule has 2 aliphatic heterocycles. The number of aliphatic hydroxyl groups is 5. The summed E-state index contributed by atoms with van der Waals surface area (Å²) in [5.74, 6) is -3.21. The fraction of sp³-hybridized carbons (Fsp3) is 0.615. The first-order valence-electron chi connectivity index (χ1n) is 12.6. The summed E-state index contributed by atoms with van der Waals surface area (Å²) >= 11 is 0. The molecule has 6 N–H and O–H groups in total. The molecule has 0 unspecified atom stereocenters. The zero-order chi connectivity index (χ0) is 28.5. The van der Waals surface area contributed by atoms with Gasteiger partial charge in [-0.15, -0.1) is 0 Å². The Labute approximate surface area is 224 Å². The third-order valence-corrected chi connectivity index (χ3v) is 7.54. The summed E-state index contributed by atoms with van der Waals surface area (Å²) in [5, 5.41) is 60.6. The number of hydrogen-bond donors (Lipinski definition) is 6.